The number of Topliss-reactive ketones (excluding diaryl/α,β-unsaturated/α-hetero) is 1. The van der Waals surface area contributed by atoms with Crippen LogP contribution < -0.4 is 5.32 Å². The summed E-state index contributed by atoms with van der Waals surface area (Å²) in [6.07, 6.45) is 7.95. The average Bonchev–Trinajstić information content (AvgIpc) is 3.24. The fourth-order valence-corrected chi connectivity index (χ4v) is 8.00. The van der Waals surface area contributed by atoms with Gasteiger partial charge in [-0.25, -0.2) is 0 Å². The van der Waals surface area contributed by atoms with Crippen molar-refractivity contribution in [1.29, 1.82) is 0 Å². The lowest BCUT2D eigenvalue weighted by Crippen LogP contribution is -2.49. The highest BCUT2D eigenvalue weighted by atomic mass is 32.2. The number of ether oxygens (including phenoxy) is 1. The van der Waals surface area contributed by atoms with E-state index in [0.29, 0.717) is 31.1 Å². The molecule has 2 fully saturated rings. The van der Waals surface area contributed by atoms with Crippen molar-refractivity contribution in [2.45, 2.75) is 130 Å². The zero-order chi connectivity index (χ0) is 30.3. The Morgan fingerprint density at radius 3 is 2.55 bits per heavy atom. The molecule has 7 heteroatoms. The van der Waals surface area contributed by atoms with E-state index in [0.717, 1.165) is 44.9 Å². The lowest BCUT2D eigenvalue weighted by atomic mass is 9.58. The van der Waals surface area contributed by atoms with Crippen LogP contribution in [-0.2, 0) is 19.1 Å². The van der Waals surface area contributed by atoms with Gasteiger partial charge in [0.1, 0.15) is 11.9 Å². The molecule has 1 spiro atoms. The zero-order valence-electron chi connectivity index (χ0n) is 26.5. The van der Waals surface area contributed by atoms with Crippen LogP contribution in [-0.4, -0.2) is 52.0 Å². The Morgan fingerprint density at radius 1 is 1.27 bits per heavy atom. The monoisotopic (exact) mass is 579 g/mol. The second kappa shape index (κ2) is 14.7. The minimum absolute atomic E-state index is 0.00788. The van der Waals surface area contributed by atoms with E-state index in [2.05, 4.69) is 39.6 Å². The van der Waals surface area contributed by atoms with Crippen molar-refractivity contribution < 1.29 is 24.2 Å². The molecule has 8 atom stereocenters. The van der Waals surface area contributed by atoms with Gasteiger partial charge in [-0.3, -0.25) is 14.4 Å². The molecule has 2 rings (SSSR count). The Kier molecular flexibility index (Phi) is 12.8. The van der Waals surface area contributed by atoms with Crippen LogP contribution in [0.1, 0.15) is 113 Å². The highest BCUT2D eigenvalue weighted by Crippen LogP contribution is 2.56. The number of hydrogen-bond donors (Lipinski definition) is 2. The van der Waals surface area contributed by atoms with Crippen molar-refractivity contribution in [3.8, 4) is 0 Å². The van der Waals surface area contributed by atoms with E-state index in [1.54, 1.807) is 0 Å². The average molecular weight is 580 g/mol. The Bertz CT molecular complexity index is 890. The number of amides is 1. The van der Waals surface area contributed by atoms with E-state index in [4.69, 9.17) is 4.74 Å². The SMILES string of the molecule is C=C[C@@]1(C)C[C@@H](OC(=O)CSC(C)(C)CNC(=O)C(C)CCC)C[C@H](C)CC[C@]2(CCC(=O)[C@H]2CC)[C@@H](C)[C@@H]1O. The predicted molar refractivity (Wildman–Crippen MR) is 165 cm³/mol. The van der Waals surface area contributed by atoms with E-state index >= 15 is 0 Å². The summed E-state index contributed by atoms with van der Waals surface area (Å²) in [5.41, 5.74) is -0.844. The molecule has 230 valence electrons. The largest absolute Gasteiger partial charge is 0.462 e. The van der Waals surface area contributed by atoms with E-state index in [9.17, 15) is 19.5 Å². The molecule has 1 amide bonds. The molecular weight excluding hydrogens is 522 g/mol. The van der Waals surface area contributed by atoms with Crippen LogP contribution in [0.3, 0.4) is 0 Å². The summed E-state index contributed by atoms with van der Waals surface area (Å²) in [6, 6.07) is 0. The smallest absolute Gasteiger partial charge is 0.316 e. The normalized spacial score (nSPS) is 34.3. The fraction of sp³-hybridized carbons (Fsp3) is 0.848. The number of ketones is 1. The second-order valence-electron chi connectivity index (χ2n) is 13.8. The van der Waals surface area contributed by atoms with Crippen molar-refractivity contribution in [3.63, 3.8) is 0 Å². The molecule has 1 unspecified atom stereocenters. The molecule has 0 heterocycles. The highest BCUT2D eigenvalue weighted by molar-refractivity contribution is 8.01. The van der Waals surface area contributed by atoms with Gasteiger partial charge in [0.05, 0.1) is 11.9 Å². The van der Waals surface area contributed by atoms with Crippen molar-refractivity contribution in [3.05, 3.63) is 12.7 Å². The third kappa shape index (κ3) is 8.59. The molecule has 6 nitrogen and oxygen atoms in total. The van der Waals surface area contributed by atoms with Crippen molar-refractivity contribution in [1.82, 2.24) is 5.32 Å². The molecule has 0 aromatic carbocycles. The van der Waals surface area contributed by atoms with Gasteiger partial charge in [-0.1, -0.05) is 60.5 Å². The Hall–Kier alpha value is -1.34. The van der Waals surface area contributed by atoms with Gasteiger partial charge in [-0.05, 0) is 69.6 Å². The van der Waals surface area contributed by atoms with Crippen LogP contribution in [0, 0.1) is 34.5 Å². The molecule has 2 aliphatic rings. The van der Waals surface area contributed by atoms with Gasteiger partial charge in [0.25, 0.3) is 0 Å². The molecule has 0 aliphatic heterocycles. The minimum Gasteiger partial charge on any atom is -0.462 e. The Morgan fingerprint density at radius 2 is 1.95 bits per heavy atom. The summed E-state index contributed by atoms with van der Waals surface area (Å²) in [5, 5.41) is 14.8. The first-order valence-electron chi connectivity index (χ1n) is 15.6. The summed E-state index contributed by atoms with van der Waals surface area (Å²) in [5.74, 6) is 0.560. The first-order chi connectivity index (χ1) is 18.6. The maximum atomic E-state index is 13.1. The molecule has 0 aromatic heterocycles. The van der Waals surface area contributed by atoms with Crippen LogP contribution in [0.5, 0.6) is 0 Å². The number of nitrogens with one attached hydrogen (secondary N) is 1. The summed E-state index contributed by atoms with van der Waals surface area (Å²) >= 11 is 1.49. The van der Waals surface area contributed by atoms with E-state index in [1.165, 1.54) is 11.8 Å². The molecule has 0 saturated heterocycles. The lowest BCUT2D eigenvalue weighted by molar-refractivity contribution is -0.151. The zero-order valence-corrected chi connectivity index (χ0v) is 27.3. The van der Waals surface area contributed by atoms with Gasteiger partial charge in [0.15, 0.2) is 0 Å². The van der Waals surface area contributed by atoms with Crippen molar-refractivity contribution >= 4 is 29.4 Å². The standard InChI is InChI=1S/C33H57NO5S/c1-10-13-23(5)30(38)34-21-31(7,8)40-20-28(36)39-25-18-22(4)14-16-33(17-15-27(35)26(33)11-2)24(6)29(37)32(9,12-3)19-25/h12,22-26,29,37H,3,10-11,13-21H2,1-2,4-9H3,(H,34,38)/t22-,23?,24+,25+,26-,29+,32+,33+/m1/s1. The number of aliphatic hydroxyl groups excluding tert-OH is 1. The van der Waals surface area contributed by atoms with E-state index in [-0.39, 0.29) is 51.6 Å². The highest BCUT2D eigenvalue weighted by Gasteiger charge is 2.54. The molecule has 0 aromatic rings. The first-order valence-corrected chi connectivity index (χ1v) is 16.6. The summed E-state index contributed by atoms with van der Waals surface area (Å²) in [6.45, 7) is 21.1. The number of hydrogen-bond acceptors (Lipinski definition) is 6. The van der Waals surface area contributed by atoms with Gasteiger partial charge in [0.2, 0.25) is 5.91 Å². The molecule has 0 radical (unpaired) electrons. The maximum Gasteiger partial charge on any atom is 0.316 e. The van der Waals surface area contributed by atoms with Gasteiger partial charge in [0, 0.05) is 35.0 Å². The fourth-order valence-electron chi connectivity index (χ4n) is 7.25. The molecule has 2 aliphatic carbocycles. The first kappa shape index (κ1) is 34.9. The van der Waals surface area contributed by atoms with Crippen LogP contribution in [0.25, 0.3) is 0 Å². The van der Waals surface area contributed by atoms with E-state index in [1.807, 2.05) is 33.8 Å². The van der Waals surface area contributed by atoms with Gasteiger partial charge in [-0.2, -0.15) is 0 Å². The number of carbonyl (C=O) groups is 3. The second-order valence-corrected chi connectivity index (χ2v) is 15.4. The maximum absolute atomic E-state index is 13.1. The number of esters is 1. The van der Waals surface area contributed by atoms with Crippen LogP contribution in [0.4, 0.5) is 0 Å². The molecule has 40 heavy (non-hydrogen) atoms. The van der Waals surface area contributed by atoms with Crippen molar-refractivity contribution in [2.24, 2.45) is 34.5 Å². The van der Waals surface area contributed by atoms with E-state index < -0.39 is 11.5 Å². The van der Waals surface area contributed by atoms with Gasteiger partial charge >= 0.3 is 5.97 Å². The van der Waals surface area contributed by atoms with Gasteiger partial charge < -0.3 is 15.2 Å². The van der Waals surface area contributed by atoms with Crippen LogP contribution in [0.2, 0.25) is 0 Å². The molecule has 0 bridgehead atoms. The molecule has 2 N–H and O–H groups in total. The molecule has 2 saturated carbocycles. The van der Waals surface area contributed by atoms with Crippen molar-refractivity contribution in [2.75, 3.05) is 12.3 Å². The number of carbonyl (C=O) groups excluding carboxylic acids is 3. The summed E-state index contributed by atoms with van der Waals surface area (Å²) in [4.78, 5) is 38.2. The quantitative estimate of drug-likeness (QED) is 0.208. The minimum atomic E-state index is -0.688. The Balaban J connectivity index is 2.10. The summed E-state index contributed by atoms with van der Waals surface area (Å²) < 4.78 is 5.77. The third-order valence-electron chi connectivity index (χ3n) is 10.0. The third-order valence-corrected chi connectivity index (χ3v) is 11.3. The number of rotatable bonds is 11. The van der Waals surface area contributed by atoms with Gasteiger partial charge in [-0.15, -0.1) is 18.3 Å². The number of thioether (sulfide) groups is 1. The topological polar surface area (TPSA) is 92.7 Å². The number of aliphatic hydroxyl groups is 1. The van der Waals surface area contributed by atoms with Crippen LogP contribution in [0.15, 0.2) is 12.7 Å². The Labute approximate surface area is 248 Å². The van der Waals surface area contributed by atoms with Crippen LogP contribution >= 0.6 is 11.8 Å². The molecular formula is C33H57NO5S. The summed E-state index contributed by atoms with van der Waals surface area (Å²) in [7, 11) is 0. The lowest BCUT2D eigenvalue weighted by Gasteiger charge is -2.48. The predicted octanol–water partition coefficient (Wildman–Crippen LogP) is 6.74.